The van der Waals surface area contributed by atoms with Crippen molar-refractivity contribution in [2.24, 2.45) is 0 Å². The Morgan fingerprint density at radius 1 is 1.14 bits per heavy atom. The highest BCUT2D eigenvalue weighted by molar-refractivity contribution is 6.00. The molecule has 0 atom stereocenters. The maximum absolute atomic E-state index is 14.1. The van der Waals surface area contributed by atoms with E-state index in [-0.39, 0.29) is 22.7 Å². The molecule has 9 heteroatoms. The Bertz CT molecular complexity index is 1020. The lowest BCUT2D eigenvalue weighted by molar-refractivity contribution is -0.114. The number of nitrogens with one attached hydrogen (secondary N) is 1. The van der Waals surface area contributed by atoms with E-state index in [1.807, 2.05) is 0 Å². The average Bonchev–Trinajstić information content (AvgIpc) is 3.20. The van der Waals surface area contributed by atoms with Gasteiger partial charge in [0.25, 0.3) is 0 Å². The number of hydrogen-bond donors (Lipinski definition) is 1. The number of benzene rings is 2. The molecule has 0 saturated carbocycles. The van der Waals surface area contributed by atoms with Crippen LogP contribution in [0, 0.1) is 5.82 Å². The fourth-order valence-electron chi connectivity index (χ4n) is 2.41. The van der Waals surface area contributed by atoms with Crippen molar-refractivity contribution in [1.29, 1.82) is 0 Å². The van der Waals surface area contributed by atoms with E-state index in [4.69, 9.17) is 4.74 Å². The van der Waals surface area contributed by atoms with Gasteiger partial charge < -0.3 is 10.1 Å². The molecule has 0 radical (unpaired) electrons. The number of carbonyl (C=O) groups excluding carboxylic acids is 3. The van der Waals surface area contributed by atoms with Crippen LogP contribution in [-0.2, 0) is 9.53 Å². The van der Waals surface area contributed by atoms with Crippen molar-refractivity contribution in [1.82, 2.24) is 14.8 Å². The molecule has 0 saturated heterocycles. The monoisotopic (exact) mass is 382 g/mol. The fourth-order valence-corrected chi connectivity index (χ4v) is 2.41. The minimum absolute atomic E-state index is 0.228. The van der Waals surface area contributed by atoms with Gasteiger partial charge in [-0.3, -0.25) is 9.59 Å². The molecule has 3 rings (SSSR count). The van der Waals surface area contributed by atoms with Gasteiger partial charge in [-0.1, -0.05) is 0 Å². The lowest BCUT2D eigenvalue weighted by Crippen LogP contribution is -2.16. The van der Waals surface area contributed by atoms with E-state index in [0.29, 0.717) is 5.69 Å². The first-order chi connectivity index (χ1) is 13.4. The number of rotatable bonds is 6. The van der Waals surface area contributed by atoms with Crippen LogP contribution in [0.2, 0.25) is 0 Å². The Balaban J connectivity index is 1.61. The predicted octanol–water partition coefficient (Wildman–Crippen LogP) is 2.40. The molecular weight excluding hydrogens is 367 g/mol. The predicted molar refractivity (Wildman–Crippen MR) is 96.7 cm³/mol. The molecule has 0 spiro atoms. The van der Waals surface area contributed by atoms with Gasteiger partial charge in [0.1, 0.15) is 18.5 Å². The number of Topliss-reactive ketones (excluding diaryl/α,β-unsaturated/α-hetero) is 1. The molecule has 1 amide bonds. The number of nitrogens with zero attached hydrogens (tertiary/aromatic N) is 3. The summed E-state index contributed by atoms with van der Waals surface area (Å²) in [5, 5.41) is 6.38. The summed E-state index contributed by atoms with van der Waals surface area (Å²) in [5.74, 6) is -2.58. The van der Waals surface area contributed by atoms with Gasteiger partial charge in [-0.2, -0.15) is 5.10 Å². The number of esters is 1. The second kappa shape index (κ2) is 8.21. The Morgan fingerprint density at radius 2 is 1.89 bits per heavy atom. The number of anilines is 1. The zero-order valence-corrected chi connectivity index (χ0v) is 14.8. The SMILES string of the molecule is CC(=O)Nc1ccc(C(=O)COC(=O)c2ccc(-n3cncn3)cc2)c(F)c1. The van der Waals surface area contributed by atoms with E-state index in [2.05, 4.69) is 15.4 Å². The molecule has 0 unspecified atom stereocenters. The lowest BCUT2D eigenvalue weighted by Gasteiger charge is -2.08. The quantitative estimate of drug-likeness (QED) is 0.519. The summed E-state index contributed by atoms with van der Waals surface area (Å²) in [6.45, 7) is 0.676. The molecule has 2 aromatic carbocycles. The normalized spacial score (nSPS) is 10.4. The molecule has 3 aromatic rings. The van der Waals surface area contributed by atoms with Crippen LogP contribution in [0.5, 0.6) is 0 Å². The Kier molecular flexibility index (Phi) is 5.54. The van der Waals surface area contributed by atoms with E-state index in [1.54, 1.807) is 12.1 Å². The molecule has 0 aliphatic heterocycles. The second-order valence-electron chi connectivity index (χ2n) is 5.76. The number of aromatic nitrogens is 3. The minimum Gasteiger partial charge on any atom is -0.454 e. The van der Waals surface area contributed by atoms with Gasteiger partial charge in [0.05, 0.1) is 16.8 Å². The first kappa shape index (κ1) is 18.9. The zero-order valence-electron chi connectivity index (χ0n) is 14.8. The van der Waals surface area contributed by atoms with Crippen molar-refractivity contribution in [3.8, 4) is 5.69 Å². The van der Waals surface area contributed by atoms with Crippen molar-refractivity contribution in [3.05, 3.63) is 72.1 Å². The highest BCUT2D eigenvalue weighted by atomic mass is 19.1. The highest BCUT2D eigenvalue weighted by Crippen LogP contribution is 2.16. The van der Waals surface area contributed by atoms with E-state index in [1.165, 1.54) is 48.5 Å². The van der Waals surface area contributed by atoms with Crippen LogP contribution in [0.4, 0.5) is 10.1 Å². The average molecular weight is 382 g/mol. The van der Waals surface area contributed by atoms with Crippen LogP contribution < -0.4 is 5.32 Å². The minimum atomic E-state index is -0.815. The molecule has 0 aliphatic rings. The van der Waals surface area contributed by atoms with Gasteiger partial charge in [0, 0.05) is 12.6 Å². The smallest absolute Gasteiger partial charge is 0.338 e. The van der Waals surface area contributed by atoms with E-state index in [0.717, 1.165) is 6.07 Å². The summed E-state index contributed by atoms with van der Waals surface area (Å²) in [6, 6.07) is 9.98. The summed E-state index contributed by atoms with van der Waals surface area (Å²) in [5.41, 5.74) is 0.930. The molecule has 142 valence electrons. The molecule has 1 aromatic heterocycles. The number of ether oxygens (including phenoxy) is 1. The zero-order chi connectivity index (χ0) is 20.1. The van der Waals surface area contributed by atoms with Crippen LogP contribution in [-0.4, -0.2) is 39.0 Å². The number of carbonyl (C=O) groups is 3. The van der Waals surface area contributed by atoms with Crippen LogP contribution in [0.1, 0.15) is 27.6 Å². The van der Waals surface area contributed by atoms with Crippen molar-refractivity contribution in [2.75, 3.05) is 11.9 Å². The van der Waals surface area contributed by atoms with E-state index >= 15 is 0 Å². The number of ketones is 1. The summed E-state index contributed by atoms with van der Waals surface area (Å²) < 4.78 is 20.5. The largest absolute Gasteiger partial charge is 0.454 e. The first-order valence-corrected chi connectivity index (χ1v) is 8.16. The molecule has 1 heterocycles. The molecule has 0 aliphatic carbocycles. The number of amides is 1. The maximum atomic E-state index is 14.1. The standard InChI is InChI=1S/C19H15FN4O4/c1-12(25)23-14-4-7-16(17(20)8-14)18(26)9-28-19(27)13-2-5-15(6-3-13)24-11-21-10-22-24/h2-8,10-11H,9H2,1H3,(H,23,25). The van der Waals surface area contributed by atoms with Crippen LogP contribution in [0.15, 0.2) is 55.1 Å². The molecule has 28 heavy (non-hydrogen) atoms. The van der Waals surface area contributed by atoms with Gasteiger partial charge in [-0.15, -0.1) is 0 Å². The molecular formula is C19H15FN4O4. The number of hydrogen-bond acceptors (Lipinski definition) is 6. The van der Waals surface area contributed by atoms with Crippen molar-refractivity contribution >= 4 is 23.3 Å². The van der Waals surface area contributed by atoms with Gasteiger partial charge in [0.15, 0.2) is 6.61 Å². The van der Waals surface area contributed by atoms with E-state index in [9.17, 15) is 18.8 Å². The molecule has 0 fully saturated rings. The summed E-state index contributed by atoms with van der Waals surface area (Å²) >= 11 is 0. The molecule has 1 N–H and O–H groups in total. The van der Waals surface area contributed by atoms with Crippen molar-refractivity contribution < 1.29 is 23.5 Å². The third-order valence-electron chi connectivity index (χ3n) is 3.71. The lowest BCUT2D eigenvalue weighted by atomic mass is 10.1. The van der Waals surface area contributed by atoms with Crippen molar-refractivity contribution in [2.45, 2.75) is 6.92 Å². The van der Waals surface area contributed by atoms with Crippen molar-refractivity contribution in [3.63, 3.8) is 0 Å². The summed E-state index contributed by atoms with van der Waals surface area (Å²) in [6.07, 6.45) is 2.90. The highest BCUT2D eigenvalue weighted by Gasteiger charge is 2.16. The van der Waals surface area contributed by atoms with Gasteiger partial charge >= 0.3 is 5.97 Å². The second-order valence-corrected chi connectivity index (χ2v) is 5.76. The van der Waals surface area contributed by atoms with Crippen LogP contribution in [0.25, 0.3) is 5.69 Å². The molecule has 8 nitrogen and oxygen atoms in total. The first-order valence-electron chi connectivity index (χ1n) is 8.16. The van der Waals surface area contributed by atoms with Gasteiger partial charge in [0.2, 0.25) is 11.7 Å². The van der Waals surface area contributed by atoms with E-state index < -0.39 is 24.2 Å². The Morgan fingerprint density at radius 3 is 2.50 bits per heavy atom. The third kappa shape index (κ3) is 4.44. The van der Waals surface area contributed by atoms with Gasteiger partial charge in [-0.25, -0.2) is 18.9 Å². The Labute approximate surface area is 159 Å². The summed E-state index contributed by atoms with van der Waals surface area (Å²) in [4.78, 5) is 39.0. The summed E-state index contributed by atoms with van der Waals surface area (Å²) in [7, 11) is 0. The topological polar surface area (TPSA) is 103 Å². The van der Waals surface area contributed by atoms with Crippen LogP contribution >= 0.6 is 0 Å². The maximum Gasteiger partial charge on any atom is 0.338 e. The molecule has 0 bridgehead atoms. The van der Waals surface area contributed by atoms with Gasteiger partial charge in [-0.05, 0) is 42.5 Å². The third-order valence-corrected chi connectivity index (χ3v) is 3.71. The Hall–Kier alpha value is -3.88. The fraction of sp³-hybridized carbons (Fsp3) is 0.105. The van der Waals surface area contributed by atoms with Crippen LogP contribution in [0.3, 0.4) is 0 Å². The number of halogens is 1.